The molecule has 2 rings (SSSR count). The molecule has 20 heavy (non-hydrogen) atoms. The molecule has 0 aliphatic carbocycles. The minimum Gasteiger partial charge on any atom is -0.467 e. The lowest BCUT2D eigenvalue weighted by Crippen LogP contribution is -2.36. The standard InChI is InChI=1S/C13H17NO4S2/c1-7-3-4-18-11(7)9-12(10(15)8(2)5-19)20-6-14(9)13(16)17/h3-4,8-9,12,19H,5-6H2,1-2H3,(H,16,17)/t8-,9-,12-/m1/s1. The van der Waals surface area contributed by atoms with Gasteiger partial charge in [0, 0.05) is 5.92 Å². The molecule has 3 atom stereocenters. The first-order chi connectivity index (χ1) is 9.47. The Kier molecular flexibility index (Phi) is 4.70. The zero-order chi connectivity index (χ0) is 14.9. The second-order valence-corrected chi connectivity index (χ2v) is 6.33. The van der Waals surface area contributed by atoms with E-state index in [-0.39, 0.29) is 17.6 Å². The first-order valence-electron chi connectivity index (χ1n) is 6.27. The van der Waals surface area contributed by atoms with Crippen molar-refractivity contribution < 1.29 is 19.1 Å². The number of carboxylic acid groups (broad SMARTS) is 1. The van der Waals surface area contributed by atoms with E-state index in [2.05, 4.69) is 12.6 Å². The molecule has 5 nitrogen and oxygen atoms in total. The number of hydrogen-bond donors (Lipinski definition) is 2. The van der Waals surface area contributed by atoms with Gasteiger partial charge in [-0.2, -0.15) is 12.6 Å². The van der Waals surface area contributed by atoms with Crippen molar-refractivity contribution in [1.29, 1.82) is 0 Å². The van der Waals surface area contributed by atoms with Crippen molar-refractivity contribution in [1.82, 2.24) is 4.90 Å². The summed E-state index contributed by atoms with van der Waals surface area (Å²) in [5.74, 6) is 1.10. The molecule has 0 unspecified atom stereocenters. The van der Waals surface area contributed by atoms with Crippen LogP contribution in [0.15, 0.2) is 16.7 Å². The first-order valence-corrected chi connectivity index (χ1v) is 7.95. The van der Waals surface area contributed by atoms with Gasteiger partial charge in [-0.1, -0.05) is 6.92 Å². The maximum atomic E-state index is 12.4. The van der Waals surface area contributed by atoms with Crippen LogP contribution in [0.4, 0.5) is 4.79 Å². The molecule has 0 bridgehead atoms. The van der Waals surface area contributed by atoms with Crippen LogP contribution in [0.25, 0.3) is 0 Å². The van der Waals surface area contributed by atoms with Gasteiger partial charge in [0.25, 0.3) is 0 Å². The van der Waals surface area contributed by atoms with Gasteiger partial charge in [0.1, 0.15) is 11.8 Å². The second kappa shape index (κ2) is 6.13. The van der Waals surface area contributed by atoms with Crippen molar-refractivity contribution in [2.45, 2.75) is 25.1 Å². The normalized spacial score (nSPS) is 23.9. The summed E-state index contributed by atoms with van der Waals surface area (Å²) in [5.41, 5.74) is 0.861. The molecule has 1 aliphatic rings. The van der Waals surface area contributed by atoms with E-state index in [0.29, 0.717) is 11.5 Å². The Morgan fingerprint density at radius 2 is 2.35 bits per heavy atom. The zero-order valence-corrected chi connectivity index (χ0v) is 13.0. The largest absolute Gasteiger partial charge is 0.467 e. The van der Waals surface area contributed by atoms with Gasteiger partial charge in [0.05, 0.1) is 17.4 Å². The van der Waals surface area contributed by atoms with Gasteiger partial charge in [-0.05, 0) is 24.3 Å². The highest BCUT2D eigenvalue weighted by atomic mass is 32.2. The third kappa shape index (κ3) is 2.69. The average Bonchev–Trinajstić information content (AvgIpc) is 3.02. The van der Waals surface area contributed by atoms with Gasteiger partial charge in [-0.25, -0.2) is 4.79 Å². The van der Waals surface area contributed by atoms with E-state index in [1.54, 1.807) is 6.07 Å². The molecule has 1 amide bonds. The second-order valence-electron chi connectivity index (χ2n) is 4.87. The zero-order valence-electron chi connectivity index (χ0n) is 11.3. The highest BCUT2D eigenvalue weighted by Crippen LogP contribution is 2.42. The third-order valence-corrected chi connectivity index (χ3v) is 5.30. The number of carbonyl (C=O) groups excluding carboxylic acids is 1. The molecule has 1 aromatic heterocycles. The number of thiol groups is 1. The van der Waals surface area contributed by atoms with Gasteiger partial charge in [-0.3, -0.25) is 9.69 Å². The lowest BCUT2D eigenvalue weighted by molar-refractivity contribution is -0.122. The Bertz CT molecular complexity index is 516. The molecule has 0 saturated carbocycles. The van der Waals surface area contributed by atoms with Gasteiger partial charge < -0.3 is 9.52 Å². The van der Waals surface area contributed by atoms with E-state index < -0.39 is 17.4 Å². The molecule has 1 aromatic rings. The summed E-state index contributed by atoms with van der Waals surface area (Å²) in [6.45, 7) is 3.66. The van der Waals surface area contributed by atoms with Crippen molar-refractivity contribution in [3.05, 3.63) is 23.7 Å². The van der Waals surface area contributed by atoms with E-state index in [1.165, 1.54) is 22.9 Å². The maximum Gasteiger partial charge on any atom is 0.408 e. The van der Waals surface area contributed by atoms with Crippen molar-refractivity contribution >= 4 is 36.3 Å². The molecule has 110 valence electrons. The van der Waals surface area contributed by atoms with E-state index in [9.17, 15) is 14.7 Å². The molecule has 7 heteroatoms. The smallest absolute Gasteiger partial charge is 0.408 e. The van der Waals surface area contributed by atoms with Crippen LogP contribution in [0, 0.1) is 12.8 Å². The van der Waals surface area contributed by atoms with E-state index in [4.69, 9.17) is 4.42 Å². The van der Waals surface area contributed by atoms with Gasteiger partial charge in [-0.15, -0.1) is 11.8 Å². The molecule has 1 fully saturated rings. The number of thioether (sulfide) groups is 1. The molecule has 1 saturated heterocycles. The predicted octanol–water partition coefficient (Wildman–Crippen LogP) is 2.82. The molecule has 0 radical (unpaired) electrons. The van der Waals surface area contributed by atoms with Crippen LogP contribution in [0.5, 0.6) is 0 Å². The van der Waals surface area contributed by atoms with Crippen LogP contribution in [0.1, 0.15) is 24.3 Å². The lowest BCUT2D eigenvalue weighted by Gasteiger charge is -2.24. The van der Waals surface area contributed by atoms with Crippen LogP contribution < -0.4 is 0 Å². The molecular formula is C13H17NO4S2. The van der Waals surface area contributed by atoms with Gasteiger partial charge in [0.15, 0.2) is 5.78 Å². The Labute approximate surface area is 127 Å². The van der Waals surface area contributed by atoms with Crippen LogP contribution >= 0.6 is 24.4 Å². The summed E-state index contributed by atoms with van der Waals surface area (Å²) in [6, 6.07) is 1.23. The van der Waals surface area contributed by atoms with E-state index >= 15 is 0 Å². The number of nitrogens with zero attached hydrogens (tertiary/aromatic N) is 1. The fourth-order valence-electron chi connectivity index (χ4n) is 2.24. The minimum atomic E-state index is -1.04. The Balaban J connectivity index is 2.35. The molecule has 0 aromatic carbocycles. The molecule has 1 aliphatic heterocycles. The number of amides is 1. The number of Topliss-reactive ketones (excluding diaryl/α,β-unsaturated/α-hetero) is 1. The summed E-state index contributed by atoms with van der Waals surface area (Å²) in [4.78, 5) is 25.1. The summed E-state index contributed by atoms with van der Waals surface area (Å²) < 4.78 is 5.43. The minimum absolute atomic E-state index is 0.0227. The van der Waals surface area contributed by atoms with Crippen LogP contribution in [-0.4, -0.2) is 38.8 Å². The van der Waals surface area contributed by atoms with E-state index in [1.807, 2.05) is 13.8 Å². The summed E-state index contributed by atoms with van der Waals surface area (Å²) in [5, 5.41) is 8.88. The topological polar surface area (TPSA) is 70.8 Å². The van der Waals surface area contributed by atoms with Crippen LogP contribution in [0.2, 0.25) is 0 Å². The summed E-state index contributed by atoms with van der Waals surface area (Å²) >= 11 is 5.50. The van der Waals surface area contributed by atoms with Crippen molar-refractivity contribution in [3.63, 3.8) is 0 Å². The molecular weight excluding hydrogens is 298 g/mol. The summed E-state index contributed by atoms with van der Waals surface area (Å²) in [6.07, 6.45) is 0.490. The third-order valence-electron chi connectivity index (χ3n) is 3.47. The number of furan rings is 1. The Hall–Kier alpha value is -1.08. The van der Waals surface area contributed by atoms with E-state index in [0.717, 1.165) is 5.56 Å². The highest BCUT2D eigenvalue weighted by Gasteiger charge is 2.45. The molecule has 1 N–H and O–H groups in total. The number of aryl methyl sites for hydroxylation is 1. The van der Waals surface area contributed by atoms with Gasteiger partial charge in [0.2, 0.25) is 0 Å². The fraction of sp³-hybridized carbons (Fsp3) is 0.538. The van der Waals surface area contributed by atoms with Crippen LogP contribution in [0.3, 0.4) is 0 Å². The predicted molar refractivity (Wildman–Crippen MR) is 80.3 cm³/mol. The fourth-order valence-corrected chi connectivity index (χ4v) is 3.87. The van der Waals surface area contributed by atoms with Gasteiger partial charge >= 0.3 is 6.09 Å². The van der Waals surface area contributed by atoms with Crippen molar-refractivity contribution in [3.8, 4) is 0 Å². The Morgan fingerprint density at radius 3 is 2.85 bits per heavy atom. The lowest BCUT2D eigenvalue weighted by atomic mass is 9.97. The molecule has 0 spiro atoms. The quantitative estimate of drug-likeness (QED) is 0.836. The number of ketones is 1. The monoisotopic (exact) mass is 315 g/mol. The molecule has 2 heterocycles. The number of rotatable bonds is 4. The summed E-state index contributed by atoms with van der Waals surface area (Å²) in [7, 11) is 0. The first kappa shape index (κ1) is 15.3. The Morgan fingerprint density at radius 1 is 1.65 bits per heavy atom. The van der Waals surface area contributed by atoms with Crippen LogP contribution in [-0.2, 0) is 4.79 Å². The number of carbonyl (C=O) groups is 2. The number of hydrogen-bond acceptors (Lipinski definition) is 5. The SMILES string of the molecule is Cc1ccoc1[C@@H]1[C@H](C(=O)[C@H](C)CS)SCN1C(=O)O. The highest BCUT2D eigenvalue weighted by molar-refractivity contribution is 8.00. The van der Waals surface area contributed by atoms with Crippen molar-refractivity contribution in [2.24, 2.45) is 5.92 Å². The maximum absolute atomic E-state index is 12.4. The average molecular weight is 315 g/mol. The van der Waals surface area contributed by atoms with Crippen molar-refractivity contribution in [2.75, 3.05) is 11.6 Å².